The largest absolute Gasteiger partial charge is 0.289 e. The van der Waals surface area contributed by atoms with Crippen molar-refractivity contribution in [3.05, 3.63) is 64.0 Å². The highest BCUT2D eigenvalue weighted by Gasteiger charge is 2.10. The summed E-state index contributed by atoms with van der Waals surface area (Å²) >= 11 is 1.53. The maximum absolute atomic E-state index is 12.2. The van der Waals surface area contributed by atoms with Crippen LogP contribution in [0.2, 0.25) is 0 Å². The Hall–Kier alpha value is -2.00. The van der Waals surface area contributed by atoms with Crippen molar-refractivity contribution in [1.82, 2.24) is 4.98 Å². The highest BCUT2D eigenvalue weighted by atomic mass is 32.1. The Labute approximate surface area is 109 Å². The number of fused-ring (bicyclic) bond motifs is 1. The number of nitrogens with zero attached hydrogens (tertiary/aromatic N) is 1. The molecule has 1 aromatic carbocycles. The molecule has 3 aromatic rings. The molecule has 2 heterocycles. The lowest BCUT2D eigenvalue weighted by molar-refractivity contribution is 0.103. The minimum atomic E-state index is 0.0683. The highest BCUT2D eigenvalue weighted by molar-refractivity contribution is 7.08. The average molecular weight is 253 g/mol. The number of hydrogen-bond acceptors (Lipinski definition) is 3. The van der Waals surface area contributed by atoms with Gasteiger partial charge >= 0.3 is 0 Å². The number of pyridine rings is 1. The van der Waals surface area contributed by atoms with Crippen molar-refractivity contribution in [1.29, 1.82) is 0 Å². The van der Waals surface area contributed by atoms with Crippen LogP contribution >= 0.6 is 11.3 Å². The zero-order valence-electron chi connectivity index (χ0n) is 9.88. The molecule has 0 saturated carbocycles. The van der Waals surface area contributed by atoms with Gasteiger partial charge in [0.25, 0.3) is 0 Å². The van der Waals surface area contributed by atoms with Gasteiger partial charge in [0.15, 0.2) is 5.78 Å². The fourth-order valence-electron chi connectivity index (χ4n) is 1.93. The van der Waals surface area contributed by atoms with Gasteiger partial charge in [-0.25, -0.2) is 0 Å². The lowest BCUT2D eigenvalue weighted by Gasteiger charge is -2.02. The molecular formula is C15H11NOS. The van der Waals surface area contributed by atoms with E-state index in [1.54, 1.807) is 0 Å². The third-order valence-corrected chi connectivity index (χ3v) is 3.56. The summed E-state index contributed by atoms with van der Waals surface area (Å²) in [4.78, 5) is 16.6. The molecule has 0 bridgehead atoms. The predicted octanol–water partition coefficient (Wildman–Crippen LogP) is 3.84. The zero-order chi connectivity index (χ0) is 12.5. The molecule has 0 aliphatic rings. The first-order chi connectivity index (χ1) is 8.74. The van der Waals surface area contributed by atoms with Gasteiger partial charge in [0.05, 0.1) is 5.52 Å². The van der Waals surface area contributed by atoms with E-state index >= 15 is 0 Å². The monoisotopic (exact) mass is 253 g/mol. The number of carbonyl (C=O) groups excluding carboxylic acids is 1. The average Bonchev–Trinajstić information content (AvgIpc) is 2.91. The lowest BCUT2D eigenvalue weighted by atomic mass is 10.0. The summed E-state index contributed by atoms with van der Waals surface area (Å²) in [6.45, 7) is 1.96. The summed E-state index contributed by atoms with van der Waals surface area (Å²) in [6, 6.07) is 11.5. The van der Waals surface area contributed by atoms with E-state index in [0.29, 0.717) is 5.56 Å². The number of ketones is 1. The normalized spacial score (nSPS) is 10.7. The third-order valence-electron chi connectivity index (χ3n) is 2.87. The molecule has 2 aromatic heterocycles. The Morgan fingerprint density at radius 2 is 2.00 bits per heavy atom. The van der Waals surface area contributed by atoms with E-state index in [0.717, 1.165) is 22.2 Å². The molecule has 0 fully saturated rings. The minimum absolute atomic E-state index is 0.0683. The van der Waals surface area contributed by atoms with Crippen molar-refractivity contribution in [3.63, 3.8) is 0 Å². The topological polar surface area (TPSA) is 30.0 Å². The fourth-order valence-corrected chi connectivity index (χ4v) is 2.57. The molecule has 0 radical (unpaired) electrons. The zero-order valence-corrected chi connectivity index (χ0v) is 10.7. The van der Waals surface area contributed by atoms with Crippen molar-refractivity contribution >= 4 is 28.0 Å². The van der Waals surface area contributed by atoms with Crippen molar-refractivity contribution in [2.45, 2.75) is 6.92 Å². The summed E-state index contributed by atoms with van der Waals surface area (Å²) in [5, 5.41) is 4.79. The van der Waals surface area contributed by atoms with Gasteiger partial charge in [0.2, 0.25) is 0 Å². The van der Waals surface area contributed by atoms with Gasteiger partial charge in [-0.3, -0.25) is 9.78 Å². The van der Waals surface area contributed by atoms with Gasteiger partial charge in [-0.05, 0) is 42.6 Å². The van der Waals surface area contributed by atoms with Crippen LogP contribution < -0.4 is 0 Å². The van der Waals surface area contributed by atoms with Crippen LogP contribution in [-0.4, -0.2) is 10.8 Å². The van der Waals surface area contributed by atoms with Crippen LogP contribution in [0.25, 0.3) is 10.9 Å². The summed E-state index contributed by atoms with van der Waals surface area (Å²) in [6.07, 6.45) is 0. The molecule has 3 rings (SSSR count). The molecule has 0 N–H and O–H groups in total. The fraction of sp³-hybridized carbons (Fsp3) is 0.0667. The second-order valence-electron chi connectivity index (χ2n) is 4.20. The van der Waals surface area contributed by atoms with Crippen molar-refractivity contribution in [2.75, 3.05) is 0 Å². The van der Waals surface area contributed by atoms with Crippen LogP contribution in [0.1, 0.15) is 21.6 Å². The van der Waals surface area contributed by atoms with E-state index in [2.05, 4.69) is 4.98 Å². The Bertz CT molecular complexity index is 716. The molecule has 18 heavy (non-hydrogen) atoms. The SMILES string of the molecule is Cc1ccc2cc(C(=O)c3ccsc3)ccc2n1. The van der Waals surface area contributed by atoms with Crippen molar-refractivity contribution in [3.8, 4) is 0 Å². The van der Waals surface area contributed by atoms with E-state index in [-0.39, 0.29) is 5.78 Å². The molecule has 3 heteroatoms. The van der Waals surface area contributed by atoms with Gasteiger partial charge < -0.3 is 0 Å². The first kappa shape index (κ1) is 11.1. The molecular weight excluding hydrogens is 242 g/mol. The Kier molecular flexibility index (Phi) is 2.68. The first-order valence-corrected chi connectivity index (χ1v) is 6.62. The number of aromatic nitrogens is 1. The van der Waals surface area contributed by atoms with Crippen LogP contribution in [0.3, 0.4) is 0 Å². The molecule has 0 unspecified atom stereocenters. The summed E-state index contributed by atoms with van der Waals surface area (Å²) in [5.41, 5.74) is 3.38. The van der Waals surface area contributed by atoms with Gasteiger partial charge in [-0.1, -0.05) is 6.07 Å². The second kappa shape index (κ2) is 4.35. The van der Waals surface area contributed by atoms with E-state index in [4.69, 9.17) is 0 Å². The molecule has 0 saturated heterocycles. The van der Waals surface area contributed by atoms with Gasteiger partial charge in [-0.2, -0.15) is 11.3 Å². The lowest BCUT2D eigenvalue weighted by Crippen LogP contribution is -1.99. The van der Waals surface area contributed by atoms with Crippen LogP contribution in [0, 0.1) is 6.92 Å². The Morgan fingerprint density at radius 3 is 2.78 bits per heavy atom. The van der Waals surface area contributed by atoms with Crippen LogP contribution in [0.4, 0.5) is 0 Å². The molecule has 0 aliphatic carbocycles. The molecule has 2 nitrogen and oxygen atoms in total. The molecule has 0 amide bonds. The van der Waals surface area contributed by atoms with Crippen molar-refractivity contribution in [2.24, 2.45) is 0 Å². The summed E-state index contributed by atoms with van der Waals surface area (Å²) in [5.74, 6) is 0.0683. The highest BCUT2D eigenvalue weighted by Crippen LogP contribution is 2.18. The second-order valence-corrected chi connectivity index (χ2v) is 4.98. The van der Waals surface area contributed by atoms with Crippen LogP contribution in [0.5, 0.6) is 0 Å². The van der Waals surface area contributed by atoms with E-state index < -0.39 is 0 Å². The predicted molar refractivity (Wildman–Crippen MR) is 74.2 cm³/mol. The van der Waals surface area contributed by atoms with Crippen molar-refractivity contribution < 1.29 is 4.79 Å². The molecule has 0 atom stereocenters. The smallest absolute Gasteiger partial charge is 0.193 e. The maximum Gasteiger partial charge on any atom is 0.193 e. The Morgan fingerprint density at radius 1 is 1.11 bits per heavy atom. The van der Waals surface area contributed by atoms with Gasteiger partial charge in [0, 0.05) is 27.6 Å². The van der Waals surface area contributed by atoms with E-state index in [9.17, 15) is 4.79 Å². The number of thiophene rings is 1. The number of benzene rings is 1. The Balaban J connectivity index is 2.09. The first-order valence-electron chi connectivity index (χ1n) is 5.68. The minimum Gasteiger partial charge on any atom is -0.289 e. The van der Waals surface area contributed by atoms with E-state index in [1.807, 2.05) is 54.1 Å². The maximum atomic E-state index is 12.2. The summed E-state index contributed by atoms with van der Waals surface area (Å²) in [7, 11) is 0. The molecule has 88 valence electrons. The molecule has 0 aliphatic heterocycles. The van der Waals surface area contributed by atoms with Crippen LogP contribution in [-0.2, 0) is 0 Å². The summed E-state index contributed by atoms with van der Waals surface area (Å²) < 4.78 is 0. The van der Waals surface area contributed by atoms with Crippen LogP contribution in [0.15, 0.2) is 47.2 Å². The van der Waals surface area contributed by atoms with E-state index in [1.165, 1.54) is 11.3 Å². The molecule has 0 spiro atoms. The number of hydrogen-bond donors (Lipinski definition) is 0. The van der Waals surface area contributed by atoms with Gasteiger partial charge in [0.1, 0.15) is 0 Å². The third kappa shape index (κ3) is 1.93. The van der Waals surface area contributed by atoms with Gasteiger partial charge in [-0.15, -0.1) is 0 Å². The number of carbonyl (C=O) groups is 1. The number of rotatable bonds is 2. The standard InChI is InChI=1S/C15H11NOS/c1-10-2-3-11-8-12(4-5-14(11)16-10)15(17)13-6-7-18-9-13/h2-9H,1H3. The number of aryl methyl sites for hydroxylation is 1. The quantitative estimate of drug-likeness (QED) is 0.649.